The summed E-state index contributed by atoms with van der Waals surface area (Å²) in [6, 6.07) is 8.59. The summed E-state index contributed by atoms with van der Waals surface area (Å²) in [6.45, 7) is 2.73. The maximum Gasteiger partial charge on any atom is 0.240 e. The van der Waals surface area contributed by atoms with E-state index >= 15 is 0 Å². The van der Waals surface area contributed by atoms with Crippen molar-refractivity contribution in [2.45, 2.75) is 43.0 Å². The van der Waals surface area contributed by atoms with Gasteiger partial charge in [0, 0.05) is 12.1 Å². The van der Waals surface area contributed by atoms with Gasteiger partial charge < -0.3 is 4.90 Å². The lowest BCUT2D eigenvalue weighted by molar-refractivity contribution is 0.0805. The number of hydrogen-bond acceptors (Lipinski definition) is 3. The van der Waals surface area contributed by atoms with E-state index in [-0.39, 0.29) is 5.54 Å². The summed E-state index contributed by atoms with van der Waals surface area (Å²) in [7, 11) is 0.675. The number of likely N-dealkylation sites (N-methyl/N-ethyl adjacent to an activating group) is 1. The molecule has 2 unspecified atom stereocenters. The lowest BCUT2D eigenvalue weighted by atomic mass is 9.75. The zero-order valence-electron chi connectivity index (χ0n) is 13.2. The van der Waals surface area contributed by atoms with Gasteiger partial charge in [0.1, 0.15) is 0 Å². The third kappa shape index (κ3) is 3.84. The second-order valence-corrected chi connectivity index (χ2v) is 8.22. The minimum absolute atomic E-state index is 0.0699. The molecular weight excluding hydrogens is 284 g/mol. The van der Waals surface area contributed by atoms with Gasteiger partial charge in [-0.3, -0.25) is 0 Å². The van der Waals surface area contributed by atoms with Gasteiger partial charge in [-0.25, -0.2) is 13.1 Å². The van der Waals surface area contributed by atoms with E-state index in [0.29, 0.717) is 17.4 Å². The summed E-state index contributed by atoms with van der Waals surface area (Å²) in [5.41, 5.74) is -0.0699. The highest BCUT2D eigenvalue weighted by atomic mass is 32.2. The van der Waals surface area contributed by atoms with Crippen molar-refractivity contribution in [2.24, 2.45) is 5.92 Å². The lowest BCUT2D eigenvalue weighted by Crippen LogP contribution is -2.55. The van der Waals surface area contributed by atoms with Crippen molar-refractivity contribution in [1.82, 2.24) is 9.62 Å². The van der Waals surface area contributed by atoms with Crippen molar-refractivity contribution in [3.05, 3.63) is 30.3 Å². The van der Waals surface area contributed by atoms with E-state index in [1.807, 2.05) is 6.07 Å². The number of benzene rings is 1. The molecule has 0 amide bonds. The van der Waals surface area contributed by atoms with Crippen molar-refractivity contribution in [3.63, 3.8) is 0 Å². The molecule has 21 heavy (non-hydrogen) atoms. The molecule has 5 heteroatoms. The van der Waals surface area contributed by atoms with Crippen LogP contribution >= 0.6 is 0 Å². The van der Waals surface area contributed by atoms with Crippen LogP contribution in [0.2, 0.25) is 0 Å². The van der Waals surface area contributed by atoms with Gasteiger partial charge >= 0.3 is 0 Å². The maximum absolute atomic E-state index is 12.4. The largest absolute Gasteiger partial charge is 0.302 e. The molecule has 2 atom stereocenters. The topological polar surface area (TPSA) is 49.4 Å². The highest BCUT2D eigenvalue weighted by Crippen LogP contribution is 2.35. The second kappa shape index (κ2) is 6.46. The van der Waals surface area contributed by atoms with Crippen LogP contribution in [0.4, 0.5) is 0 Å². The summed E-state index contributed by atoms with van der Waals surface area (Å²) in [5, 5.41) is 0. The fourth-order valence-electron chi connectivity index (χ4n) is 3.27. The van der Waals surface area contributed by atoms with E-state index in [1.54, 1.807) is 24.3 Å². The Kier molecular flexibility index (Phi) is 5.07. The van der Waals surface area contributed by atoms with Gasteiger partial charge in [0.25, 0.3) is 0 Å². The van der Waals surface area contributed by atoms with Gasteiger partial charge in [0.2, 0.25) is 10.0 Å². The minimum atomic E-state index is -3.43. The SMILES string of the molecule is CC1CCCC(CNS(=O)(=O)c2ccccc2)(N(C)C)C1. The monoisotopic (exact) mass is 310 g/mol. The highest BCUT2D eigenvalue weighted by molar-refractivity contribution is 7.89. The van der Waals surface area contributed by atoms with Gasteiger partial charge in [-0.2, -0.15) is 0 Å². The average molecular weight is 310 g/mol. The number of nitrogens with one attached hydrogen (secondary N) is 1. The molecule has 1 N–H and O–H groups in total. The standard InChI is InChI=1S/C16H26N2O2S/c1-14-8-7-11-16(12-14,18(2)3)13-17-21(19,20)15-9-5-4-6-10-15/h4-6,9-10,14,17H,7-8,11-13H2,1-3H3. The molecule has 2 rings (SSSR count). The van der Waals surface area contributed by atoms with Crippen LogP contribution in [0.5, 0.6) is 0 Å². The molecule has 4 nitrogen and oxygen atoms in total. The summed E-state index contributed by atoms with van der Waals surface area (Å²) in [5.74, 6) is 0.641. The Morgan fingerprint density at radius 1 is 1.29 bits per heavy atom. The van der Waals surface area contributed by atoms with Crippen LogP contribution in [0.25, 0.3) is 0 Å². The van der Waals surface area contributed by atoms with E-state index in [0.717, 1.165) is 19.3 Å². The van der Waals surface area contributed by atoms with Gasteiger partial charge in [-0.1, -0.05) is 38.0 Å². The molecule has 1 aromatic rings. The van der Waals surface area contributed by atoms with Crippen LogP contribution in [0.1, 0.15) is 32.6 Å². The van der Waals surface area contributed by atoms with E-state index in [2.05, 4.69) is 30.6 Å². The van der Waals surface area contributed by atoms with Crippen molar-refractivity contribution >= 4 is 10.0 Å². The predicted molar refractivity (Wildman–Crippen MR) is 85.7 cm³/mol. The second-order valence-electron chi connectivity index (χ2n) is 6.46. The first-order chi connectivity index (χ1) is 9.86. The molecule has 0 saturated heterocycles. The van der Waals surface area contributed by atoms with Gasteiger partial charge in [-0.15, -0.1) is 0 Å². The van der Waals surface area contributed by atoms with Crippen LogP contribution in [0, 0.1) is 5.92 Å². The molecule has 0 heterocycles. The van der Waals surface area contributed by atoms with Crippen LogP contribution < -0.4 is 4.72 Å². The molecule has 1 fully saturated rings. The molecule has 1 aromatic carbocycles. The van der Waals surface area contributed by atoms with E-state index in [9.17, 15) is 8.42 Å². The Morgan fingerprint density at radius 2 is 1.95 bits per heavy atom. The first-order valence-corrected chi connectivity index (χ1v) is 9.06. The average Bonchev–Trinajstić information content (AvgIpc) is 2.46. The fourth-order valence-corrected chi connectivity index (χ4v) is 4.41. The first kappa shape index (κ1) is 16.5. The molecule has 1 aliphatic rings. The number of hydrogen-bond donors (Lipinski definition) is 1. The predicted octanol–water partition coefficient (Wildman–Crippen LogP) is 2.48. The molecule has 0 aliphatic heterocycles. The smallest absolute Gasteiger partial charge is 0.240 e. The molecule has 118 valence electrons. The van der Waals surface area contributed by atoms with Crippen molar-refractivity contribution in [3.8, 4) is 0 Å². The van der Waals surface area contributed by atoms with Crippen molar-refractivity contribution in [2.75, 3.05) is 20.6 Å². The third-order valence-corrected chi connectivity index (χ3v) is 6.08. The van der Waals surface area contributed by atoms with E-state index < -0.39 is 10.0 Å². The number of sulfonamides is 1. The Hall–Kier alpha value is -0.910. The van der Waals surface area contributed by atoms with Crippen molar-refractivity contribution < 1.29 is 8.42 Å². The Balaban J connectivity index is 2.12. The molecule has 1 aliphatic carbocycles. The molecule has 0 aromatic heterocycles. The summed E-state index contributed by atoms with van der Waals surface area (Å²) in [4.78, 5) is 2.53. The summed E-state index contributed by atoms with van der Waals surface area (Å²) in [6.07, 6.45) is 4.48. The summed E-state index contributed by atoms with van der Waals surface area (Å²) < 4.78 is 27.6. The van der Waals surface area contributed by atoms with Crippen LogP contribution in [-0.2, 0) is 10.0 Å². The highest BCUT2D eigenvalue weighted by Gasteiger charge is 2.37. The van der Waals surface area contributed by atoms with Crippen LogP contribution in [-0.4, -0.2) is 39.5 Å². The lowest BCUT2D eigenvalue weighted by Gasteiger charge is -2.45. The molecule has 1 saturated carbocycles. The zero-order chi connectivity index (χ0) is 15.5. The van der Waals surface area contributed by atoms with Gasteiger partial charge in [0.15, 0.2) is 0 Å². The Labute approximate surface area is 128 Å². The maximum atomic E-state index is 12.4. The zero-order valence-corrected chi connectivity index (χ0v) is 14.0. The van der Waals surface area contributed by atoms with Gasteiger partial charge in [-0.05, 0) is 45.0 Å². The van der Waals surface area contributed by atoms with E-state index in [1.165, 1.54) is 6.42 Å². The molecule has 0 spiro atoms. The Morgan fingerprint density at radius 3 is 2.52 bits per heavy atom. The van der Waals surface area contributed by atoms with Crippen LogP contribution in [0.3, 0.4) is 0 Å². The van der Waals surface area contributed by atoms with E-state index in [4.69, 9.17) is 0 Å². The normalized spacial score (nSPS) is 27.0. The van der Waals surface area contributed by atoms with Crippen molar-refractivity contribution in [1.29, 1.82) is 0 Å². The molecule has 0 radical (unpaired) electrons. The first-order valence-electron chi connectivity index (χ1n) is 7.58. The quantitative estimate of drug-likeness (QED) is 0.909. The summed E-state index contributed by atoms with van der Waals surface area (Å²) >= 11 is 0. The number of nitrogens with zero attached hydrogens (tertiary/aromatic N) is 1. The number of rotatable bonds is 5. The molecule has 0 bridgehead atoms. The Bertz CT molecular complexity index is 557. The molecular formula is C16H26N2O2S. The minimum Gasteiger partial charge on any atom is -0.302 e. The third-order valence-electron chi connectivity index (χ3n) is 4.66. The van der Waals surface area contributed by atoms with Crippen LogP contribution in [0.15, 0.2) is 35.2 Å². The van der Waals surface area contributed by atoms with Gasteiger partial charge in [0.05, 0.1) is 4.90 Å². The fraction of sp³-hybridized carbons (Fsp3) is 0.625.